The Bertz CT molecular complexity index is 536. The van der Waals surface area contributed by atoms with Gasteiger partial charge in [0.2, 0.25) is 0 Å². The highest BCUT2D eigenvalue weighted by Gasteiger charge is 2.12. The summed E-state index contributed by atoms with van der Waals surface area (Å²) in [5, 5.41) is 3.50. The molecule has 0 unspecified atom stereocenters. The summed E-state index contributed by atoms with van der Waals surface area (Å²) >= 11 is 0. The van der Waals surface area contributed by atoms with Gasteiger partial charge in [0.05, 0.1) is 0 Å². The maximum absolute atomic E-state index is 11.5. The van der Waals surface area contributed by atoms with Gasteiger partial charge in [-0.3, -0.25) is 4.21 Å². The first kappa shape index (κ1) is 14.0. The van der Waals surface area contributed by atoms with Crippen molar-refractivity contribution in [3.05, 3.63) is 59.9 Å². The van der Waals surface area contributed by atoms with Crippen LogP contribution >= 0.6 is 0 Å². The molecule has 2 atom stereocenters. The number of rotatable bonds is 6. The summed E-state index contributed by atoms with van der Waals surface area (Å²) in [5.41, 5.74) is 2.41. The van der Waals surface area contributed by atoms with Crippen LogP contribution in [0.1, 0.15) is 17.3 Å². The largest absolute Gasteiger partial charge is 0.353 e. The number of aryl methyl sites for hydroxylation is 1. The van der Waals surface area contributed by atoms with Gasteiger partial charge in [0.25, 0.3) is 0 Å². The van der Waals surface area contributed by atoms with Crippen molar-refractivity contribution in [2.45, 2.75) is 12.6 Å². The summed E-state index contributed by atoms with van der Waals surface area (Å²) < 4.78 is 13.6. The fourth-order valence-electron chi connectivity index (χ4n) is 2.10. The molecule has 1 heterocycles. The molecular formula is C15H20N2OS. The lowest BCUT2D eigenvalue weighted by Gasteiger charge is -2.18. The topological polar surface area (TPSA) is 34.0 Å². The monoisotopic (exact) mass is 276 g/mol. The highest BCUT2D eigenvalue weighted by molar-refractivity contribution is 7.84. The normalized spacial score (nSPS) is 14.2. The molecule has 0 aliphatic heterocycles. The molecule has 0 radical (unpaired) electrons. The number of nitrogens with one attached hydrogen (secondary N) is 1. The van der Waals surface area contributed by atoms with E-state index >= 15 is 0 Å². The Balaban J connectivity index is 2.06. The lowest BCUT2D eigenvalue weighted by molar-refractivity contribution is 0.558. The highest BCUT2D eigenvalue weighted by atomic mass is 32.2. The summed E-state index contributed by atoms with van der Waals surface area (Å²) in [6.45, 7) is 0.778. The summed E-state index contributed by atoms with van der Waals surface area (Å²) in [4.78, 5) is 0. The zero-order valence-corrected chi connectivity index (χ0v) is 12.2. The van der Waals surface area contributed by atoms with Crippen LogP contribution in [0, 0.1) is 0 Å². The molecule has 0 amide bonds. The summed E-state index contributed by atoms with van der Waals surface area (Å²) in [7, 11) is 1.22. The van der Waals surface area contributed by atoms with E-state index in [4.69, 9.17) is 0 Å². The van der Waals surface area contributed by atoms with E-state index in [9.17, 15) is 4.21 Å². The van der Waals surface area contributed by atoms with Crippen LogP contribution in [0.2, 0.25) is 0 Å². The van der Waals surface area contributed by atoms with Gasteiger partial charge in [-0.15, -0.1) is 0 Å². The first-order chi connectivity index (χ1) is 9.16. The van der Waals surface area contributed by atoms with Gasteiger partial charge in [-0.1, -0.05) is 30.3 Å². The van der Waals surface area contributed by atoms with Gasteiger partial charge in [-0.05, 0) is 17.7 Å². The third kappa shape index (κ3) is 4.04. The van der Waals surface area contributed by atoms with E-state index in [1.807, 2.05) is 37.5 Å². The Hall–Kier alpha value is -1.39. The maximum Gasteiger partial charge on any atom is 0.0439 e. The lowest BCUT2D eigenvalue weighted by atomic mass is 10.1. The molecule has 0 aliphatic rings. The number of benzene rings is 1. The molecule has 0 bridgehead atoms. The first-order valence-electron chi connectivity index (χ1n) is 6.35. The van der Waals surface area contributed by atoms with Crippen molar-refractivity contribution in [2.75, 3.05) is 12.0 Å². The zero-order chi connectivity index (χ0) is 13.7. The number of hydrogen-bond donors (Lipinski definition) is 1. The molecule has 19 heavy (non-hydrogen) atoms. The van der Waals surface area contributed by atoms with Crippen LogP contribution in [0.15, 0.2) is 48.7 Å². The minimum absolute atomic E-state index is 0.127. The Labute approximate surface area is 117 Å². The molecule has 2 rings (SSSR count). The SMILES string of the molecule is Cn1cccc1CN[C@H](C[S@@](C)=O)c1ccccc1. The number of aromatic nitrogens is 1. The van der Waals surface area contributed by atoms with Crippen LogP contribution in [-0.2, 0) is 24.4 Å². The highest BCUT2D eigenvalue weighted by Crippen LogP contribution is 2.14. The maximum atomic E-state index is 11.5. The Kier molecular flexibility index (Phi) is 4.93. The van der Waals surface area contributed by atoms with Crippen molar-refractivity contribution in [1.29, 1.82) is 0 Å². The lowest BCUT2D eigenvalue weighted by Crippen LogP contribution is -2.26. The van der Waals surface area contributed by atoms with Gasteiger partial charge in [-0.2, -0.15) is 0 Å². The van der Waals surface area contributed by atoms with Crippen molar-refractivity contribution in [1.82, 2.24) is 9.88 Å². The van der Waals surface area contributed by atoms with E-state index in [-0.39, 0.29) is 6.04 Å². The van der Waals surface area contributed by atoms with Gasteiger partial charge in [0, 0.05) is 54.3 Å². The molecule has 0 fully saturated rings. The van der Waals surface area contributed by atoms with Crippen molar-refractivity contribution >= 4 is 10.8 Å². The van der Waals surface area contributed by atoms with E-state index in [2.05, 4.69) is 28.1 Å². The van der Waals surface area contributed by atoms with Crippen LogP contribution in [-0.4, -0.2) is 20.8 Å². The smallest absolute Gasteiger partial charge is 0.0439 e. The molecule has 1 N–H and O–H groups in total. The molecule has 4 heteroatoms. The van der Waals surface area contributed by atoms with Crippen molar-refractivity contribution < 1.29 is 4.21 Å². The number of nitrogens with zero attached hydrogens (tertiary/aromatic N) is 1. The Morgan fingerprint density at radius 1 is 1.21 bits per heavy atom. The van der Waals surface area contributed by atoms with E-state index < -0.39 is 10.8 Å². The molecule has 0 spiro atoms. The minimum atomic E-state index is -0.819. The summed E-state index contributed by atoms with van der Waals surface area (Å²) in [6.07, 6.45) is 3.78. The van der Waals surface area contributed by atoms with Crippen LogP contribution in [0.5, 0.6) is 0 Å². The average Bonchev–Trinajstić information content (AvgIpc) is 2.81. The molecule has 0 aliphatic carbocycles. The van der Waals surface area contributed by atoms with Gasteiger partial charge in [-0.25, -0.2) is 0 Å². The molecule has 0 saturated heterocycles. The van der Waals surface area contributed by atoms with E-state index in [1.54, 1.807) is 6.26 Å². The molecular weight excluding hydrogens is 256 g/mol. The predicted molar refractivity (Wildman–Crippen MR) is 80.4 cm³/mol. The molecule has 102 valence electrons. The van der Waals surface area contributed by atoms with Gasteiger partial charge in [0.15, 0.2) is 0 Å². The molecule has 1 aromatic carbocycles. The fourth-order valence-corrected chi connectivity index (χ4v) is 2.88. The minimum Gasteiger partial charge on any atom is -0.353 e. The van der Waals surface area contributed by atoms with E-state index in [1.165, 1.54) is 11.3 Å². The van der Waals surface area contributed by atoms with Crippen molar-refractivity contribution in [2.24, 2.45) is 7.05 Å². The van der Waals surface area contributed by atoms with Gasteiger partial charge >= 0.3 is 0 Å². The van der Waals surface area contributed by atoms with Crippen LogP contribution in [0.4, 0.5) is 0 Å². The Morgan fingerprint density at radius 2 is 1.95 bits per heavy atom. The van der Waals surface area contributed by atoms with Crippen molar-refractivity contribution in [3.8, 4) is 0 Å². The molecule has 2 aromatic rings. The molecule has 1 aromatic heterocycles. The second-order valence-corrected chi connectivity index (χ2v) is 6.17. The molecule has 3 nitrogen and oxygen atoms in total. The third-order valence-electron chi connectivity index (χ3n) is 3.18. The van der Waals surface area contributed by atoms with E-state index in [0.29, 0.717) is 5.75 Å². The van der Waals surface area contributed by atoms with Gasteiger partial charge in [0.1, 0.15) is 0 Å². The Morgan fingerprint density at radius 3 is 2.53 bits per heavy atom. The predicted octanol–water partition coefficient (Wildman–Crippen LogP) is 2.23. The van der Waals surface area contributed by atoms with Crippen LogP contribution in [0.3, 0.4) is 0 Å². The average molecular weight is 276 g/mol. The first-order valence-corrected chi connectivity index (χ1v) is 8.08. The molecule has 0 saturated carbocycles. The van der Waals surface area contributed by atoms with Crippen LogP contribution in [0.25, 0.3) is 0 Å². The van der Waals surface area contributed by atoms with E-state index in [0.717, 1.165) is 6.54 Å². The summed E-state index contributed by atoms with van der Waals surface area (Å²) in [5.74, 6) is 0.633. The standard InChI is InChI=1S/C15H20N2OS/c1-17-10-6-9-14(17)11-16-15(12-19(2)18)13-7-4-3-5-8-13/h3-10,15-16H,11-12H2,1-2H3/t15-,19-/m1/s1. The zero-order valence-electron chi connectivity index (χ0n) is 11.4. The van der Waals surface area contributed by atoms with Gasteiger partial charge < -0.3 is 9.88 Å². The number of hydrogen-bond acceptors (Lipinski definition) is 2. The quantitative estimate of drug-likeness (QED) is 0.878. The fraction of sp³-hybridized carbons (Fsp3) is 0.333. The van der Waals surface area contributed by atoms with Crippen molar-refractivity contribution in [3.63, 3.8) is 0 Å². The summed E-state index contributed by atoms with van der Waals surface area (Å²) in [6, 6.07) is 14.5. The van der Waals surface area contributed by atoms with Crippen LogP contribution < -0.4 is 5.32 Å². The second-order valence-electron chi connectivity index (χ2n) is 4.69. The third-order valence-corrected chi connectivity index (χ3v) is 3.99. The second kappa shape index (κ2) is 6.68.